The van der Waals surface area contributed by atoms with Gasteiger partial charge in [0, 0.05) is 40.3 Å². The van der Waals surface area contributed by atoms with Gasteiger partial charge < -0.3 is 14.0 Å². The van der Waals surface area contributed by atoms with Crippen molar-refractivity contribution in [3.63, 3.8) is 0 Å². The third-order valence-electron chi connectivity index (χ3n) is 8.92. The number of fused-ring (bicyclic) bond motifs is 3. The predicted molar refractivity (Wildman–Crippen MR) is 199 cm³/mol. The maximum Gasteiger partial charge on any atom is 2.00 e. The number of aromatic nitrogens is 4. The average molecular weight is 753 g/mol. The van der Waals surface area contributed by atoms with Crippen LogP contribution in [0.1, 0.15) is 70.8 Å². The normalized spacial score (nSPS) is 11.7. The smallest absolute Gasteiger partial charge is 0.509 e. The molecule has 3 heterocycles. The van der Waals surface area contributed by atoms with Crippen molar-refractivity contribution < 1.29 is 29.9 Å². The number of hydrogen-bond donors (Lipinski definition) is 0. The Hall–Kier alpha value is -4.70. The summed E-state index contributed by atoms with van der Waals surface area (Å²) in [6.45, 7) is 13.4. The Morgan fingerprint density at radius 2 is 1.60 bits per heavy atom. The molecule has 7 heteroatoms. The summed E-state index contributed by atoms with van der Waals surface area (Å²) in [6, 6.07) is 38.3. The Morgan fingerprint density at radius 1 is 0.840 bits per heavy atom. The van der Waals surface area contributed by atoms with Crippen LogP contribution in [0.3, 0.4) is 0 Å². The minimum Gasteiger partial charge on any atom is -0.509 e. The van der Waals surface area contributed by atoms with E-state index in [-0.39, 0.29) is 31.8 Å². The zero-order valence-corrected chi connectivity index (χ0v) is 31.2. The quantitative estimate of drug-likeness (QED) is 0.109. The Morgan fingerprint density at radius 3 is 2.32 bits per heavy atom. The molecule has 0 aliphatic heterocycles. The average Bonchev–Trinajstić information content (AvgIpc) is 3.65. The molecule has 0 aliphatic carbocycles. The molecule has 7 rings (SSSR count). The fourth-order valence-corrected chi connectivity index (χ4v) is 6.64. The molecule has 0 spiro atoms. The first-order chi connectivity index (χ1) is 23.7. The van der Waals surface area contributed by atoms with Crippen LogP contribution in [-0.2, 0) is 32.3 Å². The molecule has 0 saturated carbocycles. The zero-order valence-electron chi connectivity index (χ0n) is 29.7. The molecule has 4 aromatic carbocycles. The van der Waals surface area contributed by atoms with Gasteiger partial charge in [0.15, 0.2) is 0 Å². The van der Waals surface area contributed by atoms with E-state index in [9.17, 15) is 0 Å². The SMILES string of the molecule is CCCc1nn(-c2[c-]c(Oc3[c-]c4c(cc3)c3ccccc3n4-c3cc(OC)ccn3)cc(C(C)C)c2)c(C(C)(C)C)c1-c1ccccc1.[Pd+2]. The second-order valence-electron chi connectivity index (χ2n) is 13.9. The summed E-state index contributed by atoms with van der Waals surface area (Å²) in [5.74, 6) is 2.96. The summed E-state index contributed by atoms with van der Waals surface area (Å²) in [5.41, 5.74) is 8.38. The van der Waals surface area contributed by atoms with Crippen LogP contribution in [0.15, 0.2) is 97.2 Å². The van der Waals surface area contributed by atoms with Crippen LogP contribution in [0.2, 0.25) is 0 Å². The number of aryl methyl sites for hydroxylation is 1. The Kier molecular flexibility index (Phi) is 10.0. The molecule has 0 radical (unpaired) electrons. The number of para-hydroxylation sites is 1. The summed E-state index contributed by atoms with van der Waals surface area (Å²) in [7, 11) is 1.67. The molecule has 0 saturated heterocycles. The summed E-state index contributed by atoms with van der Waals surface area (Å²) < 4.78 is 16.4. The second-order valence-corrected chi connectivity index (χ2v) is 13.9. The van der Waals surface area contributed by atoms with Gasteiger partial charge in [-0.05, 0) is 41.1 Å². The Labute approximate surface area is 308 Å². The van der Waals surface area contributed by atoms with Gasteiger partial charge in [-0.1, -0.05) is 102 Å². The van der Waals surface area contributed by atoms with Crippen LogP contribution in [0.4, 0.5) is 0 Å². The molecule has 0 aliphatic rings. The summed E-state index contributed by atoms with van der Waals surface area (Å²) >= 11 is 0. The first-order valence-electron chi connectivity index (χ1n) is 17.1. The predicted octanol–water partition coefficient (Wildman–Crippen LogP) is 10.8. The monoisotopic (exact) mass is 752 g/mol. The summed E-state index contributed by atoms with van der Waals surface area (Å²) in [6.07, 6.45) is 3.66. The van der Waals surface area contributed by atoms with Crippen molar-refractivity contribution in [2.75, 3.05) is 7.11 Å². The molecule has 0 unspecified atom stereocenters. The molecular formula is C43H42N4O2Pd. The first kappa shape index (κ1) is 35.1. The topological polar surface area (TPSA) is 54.1 Å². The van der Waals surface area contributed by atoms with Crippen LogP contribution in [0.25, 0.3) is 44.4 Å². The Bertz CT molecular complexity index is 2280. The number of hydrogen-bond acceptors (Lipinski definition) is 4. The van der Waals surface area contributed by atoms with E-state index < -0.39 is 0 Å². The first-order valence-corrected chi connectivity index (χ1v) is 17.1. The van der Waals surface area contributed by atoms with Gasteiger partial charge in [0.1, 0.15) is 11.6 Å². The fourth-order valence-electron chi connectivity index (χ4n) is 6.64. The minimum absolute atomic E-state index is 0. The van der Waals surface area contributed by atoms with Gasteiger partial charge in [0.25, 0.3) is 0 Å². The van der Waals surface area contributed by atoms with Crippen molar-refractivity contribution in [2.45, 2.75) is 65.7 Å². The van der Waals surface area contributed by atoms with E-state index >= 15 is 0 Å². The third-order valence-corrected chi connectivity index (χ3v) is 8.92. The van der Waals surface area contributed by atoms with Gasteiger partial charge in [0.05, 0.1) is 18.5 Å². The largest absolute Gasteiger partial charge is 2.00 e. The number of rotatable bonds is 9. The molecule has 0 amide bonds. The van der Waals surface area contributed by atoms with Gasteiger partial charge in [-0.25, -0.2) is 4.98 Å². The van der Waals surface area contributed by atoms with E-state index in [2.05, 4.69) is 130 Å². The van der Waals surface area contributed by atoms with Crippen LogP contribution in [-0.4, -0.2) is 26.4 Å². The fraction of sp³-hybridized carbons (Fsp3) is 0.256. The number of pyridine rings is 1. The van der Waals surface area contributed by atoms with E-state index in [0.717, 1.165) is 68.9 Å². The van der Waals surface area contributed by atoms with Crippen molar-refractivity contribution in [3.8, 4) is 39.9 Å². The van der Waals surface area contributed by atoms with Crippen molar-refractivity contribution in [2.24, 2.45) is 0 Å². The standard InChI is InChI=1S/C43H42N4O2.Pd/c1-8-14-37-41(29-15-10-9-11-16-29)42(43(4,5)6)47(45-37)31-23-30(28(2)3)24-34(25-31)49-33-19-20-36-35-17-12-13-18-38(35)46(39(36)26-33)40-27-32(48-7)21-22-44-40;/h9-13,15-24,27-28H,8,14H2,1-7H3;/q-2;+2. The number of methoxy groups -OCH3 is 1. The number of ether oxygens (including phenoxy) is 2. The van der Waals surface area contributed by atoms with E-state index in [4.69, 9.17) is 19.6 Å². The molecule has 0 N–H and O–H groups in total. The van der Waals surface area contributed by atoms with E-state index in [0.29, 0.717) is 11.5 Å². The van der Waals surface area contributed by atoms with Crippen LogP contribution >= 0.6 is 0 Å². The summed E-state index contributed by atoms with van der Waals surface area (Å²) in [5, 5.41) is 7.47. The van der Waals surface area contributed by atoms with E-state index in [1.807, 2.05) is 24.3 Å². The van der Waals surface area contributed by atoms with Crippen LogP contribution < -0.4 is 9.47 Å². The van der Waals surface area contributed by atoms with E-state index in [1.54, 1.807) is 13.3 Å². The van der Waals surface area contributed by atoms with Gasteiger partial charge in [-0.2, -0.15) is 11.2 Å². The molecule has 0 atom stereocenters. The summed E-state index contributed by atoms with van der Waals surface area (Å²) in [4.78, 5) is 4.70. The third kappa shape index (κ3) is 6.61. The second kappa shape index (κ2) is 14.3. The van der Waals surface area contributed by atoms with Crippen molar-refractivity contribution in [1.82, 2.24) is 19.3 Å². The maximum absolute atomic E-state index is 6.66. The van der Waals surface area contributed by atoms with Gasteiger partial charge in [0.2, 0.25) is 0 Å². The maximum atomic E-state index is 6.66. The molecular weight excluding hydrogens is 711 g/mol. The van der Waals surface area contributed by atoms with Gasteiger partial charge in [-0.15, -0.1) is 41.3 Å². The molecule has 0 fully saturated rings. The molecule has 3 aromatic heterocycles. The van der Waals surface area contributed by atoms with Crippen molar-refractivity contribution in [3.05, 3.63) is 126 Å². The molecule has 6 nitrogen and oxygen atoms in total. The molecule has 50 heavy (non-hydrogen) atoms. The van der Waals surface area contributed by atoms with E-state index in [1.165, 1.54) is 11.1 Å². The molecule has 7 aromatic rings. The molecule has 256 valence electrons. The number of nitrogens with zero attached hydrogens (tertiary/aromatic N) is 4. The van der Waals surface area contributed by atoms with Crippen molar-refractivity contribution in [1.29, 1.82) is 0 Å². The zero-order chi connectivity index (χ0) is 34.3. The van der Waals surface area contributed by atoms with Gasteiger partial charge in [-0.3, -0.25) is 4.68 Å². The Balaban J connectivity index is 0.00000432. The van der Waals surface area contributed by atoms with Crippen LogP contribution in [0, 0.1) is 12.1 Å². The number of benzene rings is 4. The minimum atomic E-state index is -0.187. The molecule has 0 bridgehead atoms. The van der Waals surface area contributed by atoms with Crippen LogP contribution in [0.5, 0.6) is 17.2 Å². The van der Waals surface area contributed by atoms with Crippen molar-refractivity contribution >= 4 is 21.8 Å². The van der Waals surface area contributed by atoms with Gasteiger partial charge >= 0.3 is 20.4 Å².